The quantitative estimate of drug-likeness (QED) is 0.730. The molecule has 0 aromatic carbocycles. The highest BCUT2D eigenvalue weighted by Gasteiger charge is 2.31. The van der Waals surface area contributed by atoms with Crippen molar-refractivity contribution in [2.24, 2.45) is 0 Å². The Hall–Kier alpha value is -1.76. The van der Waals surface area contributed by atoms with Crippen molar-refractivity contribution >= 4 is 34.1 Å². The number of aryl methyl sites for hydroxylation is 1. The van der Waals surface area contributed by atoms with E-state index in [1.807, 2.05) is 0 Å². The number of rotatable bonds is 2. The van der Waals surface area contributed by atoms with E-state index in [0.29, 0.717) is 15.7 Å². The number of ketones is 1. The van der Waals surface area contributed by atoms with E-state index >= 15 is 0 Å². The van der Waals surface area contributed by atoms with Gasteiger partial charge in [-0.3, -0.25) is 19.3 Å². The lowest BCUT2D eigenvalue weighted by Gasteiger charge is -2.09. The first kappa shape index (κ1) is 12.7. The standard InChI is InChI=1S/C11H13N3O3S/c1-6-9(10(17)13(2)3)18-11(12-6)14-5-7(15)4-8(14)16/h4-5H2,1-3H3. The lowest BCUT2D eigenvalue weighted by molar-refractivity contribution is -0.121. The van der Waals surface area contributed by atoms with Crippen molar-refractivity contribution in [2.75, 3.05) is 25.5 Å². The zero-order valence-electron chi connectivity index (χ0n) is 10.4. The minimum Gasteiger partial charge on any atom is -0.344 e. The van der Waals surface area contributed by atoms with Crippen molar-refractivity contribution < 1.29 is 14.4 Å². The van der Waals surface area contributed by atoms with Gasteiger partial charge in [-0.1, -0.05) is 11.3 Å². The molecule has 0 saturated carbocycles. The van der Waals surface area contributed by atoms with E-state index in [-0.39, 0.29) is 30.6 Å². The number of carbonyl (C=O) groups excluding carboxylic acids is 3. The number of carbonyl (C=O) groups is 3. The van der Waals surface area contributed by atoms with Crippen LogP contribution in [-0.4, -0.2) is 48.1 Å². The van der Waals surface area contributed by atoms with Gasteiger partial charge in [0.05, 0.1) is 18.7 Å². The summed E-state index contributed by atoms with van der Waals surface area (Å²) in [4.78, 5) is 42.2. The number of aromatic nitrogens is 1. The Labute approximate surface area is 108 Å². The van der Waals surface area contributed by atoms with E-state index in [9.17, 15) is 14.4 Å². The van der Waals surface area contributed by atoms with Gasteiger partial charge in [0.25, 0.3) is 5.91 Å². The smallest absolute Gasteiger partial charge is 0.265 e. The molecule has 1 fully saturated rings. The first-order valence-electron chi connectivity index (χ1n) is 5.41. The lowest BCUT2D eigenvalue weighted by Crippen LogP contribution is -2.24. The SMILES string of the molecule is Cc1nc(N2CC(=O)CC2=O)sc1C(=O)N(C)C. The van der Waals surface area contributed by atoms with Crippen LogP contribution in [0, 0.1) is 6.92 Å². The van der Waals surface area contributed by atoms with E-state index in [1.54, 1.807) is 21.0 Å². The Morgan fingerprint density at radius 1 is 1.39 bits per heavy atom. The van der Waals surface area contributed by atoms with Gasteiger partial charge in [-0.15, -0.1) is 0 Å². The van der Waals surface area contributed by atoms with Crippen LogP contribution in [0.1, 0.15) is 21.8 Å². The molecular formula is C11H13N3O3S. The van der Waals surface area contributed by atoms with Crippen LogP contribution in [0.25, 0.3) is 0 Å². The van der Waals surface area contributed by atoms with Gasteiger partial charge in [0.1, 0.15) is 4.88 Å². The second-order valence-electron chi connectivity index (χ2n) is 4.31. The van der Waals surface area contributed by atoms with Crippen LogP contribution in [0.2, 0.25) is 0 Å². The van der Waals surface area contributed by atoms with Gasteiger partial charge in [0.15, 0.2) is 10.9 Å². The Balaban J connectivity index is 2.32. The second kappa shape index (κ2) is 4.49. The van der Waals surface area contributed by atoms with Crippen molar-refractivity contribution in [2.45, 2.75) is 13.3 Å². The van der Waals surface area contributed by atoms with Crippen LogP contribution in [0.3, 0.4) is 0 Å². The Morgan fingerprint density at radius 3 is 2.56 bits per heavy atom. The van der Waals surface area contributed by atoms with Gasteiger partial charge in [0, 0.05) is 14.1 Å². The topological polar surface area (TPSA) is 70.6 Å². The molecule has 2 amide bonds. The molecule has 7 heteroatoms. The van der Waals surface area contributed by atoms with Crippen molar-refractivity contribution in [1.29, 1.82) is 0 Å². The minimum absolute atomic E-state index is 0.0569. The summed E-state index contributed by atoms with van der Waals surface area (Å²) in [5, 5.41) is 0.425. The highest BCUT2D eigenvalue weighted by molar-refractivity contribution is 7.17. The first-order chi connectivity index (χ1) is 8.40. The monoisotopic (exact) mass is 267 g/mol. The van der Waals surface area contributed by atoms with Gasteiger partial charge < -0.3 is 4.90 Å². The van der Waals surface area contributed by atoms with Crippen LogP contribution >= 0.6 is 11.3 Å². The molecule has 0 N–H and O–H groups in total. The molecule has 1 saturated heterocycles. The van der Waals surface area contributed by atoms with E-state index in [1.165, 1.54) is 9.80 Å². The summed E-state index contributed by atoms with van der Waals surface area (Å²) < 4.78 is 0. The van der Waals surface area contributed by atoms with Gasteiger partial charge >= 0.3 is 0 Å². The predicted molar refractivity (Wildman–Crippen MR) is 66.8 cm³/mol. The number of nitrogens with zero attached hydrogens (tertiary/aromatic N) is 3. The molecule has 0 spiro atoms. The molecule has 2 heterocycles. The second-order valence-corrected chi connectivity index (χ2v) is 5.28. The third-order valence-corrected chi connectivity index (χ3v) is 3.77. The molecule has 96 valence electrons. The van der Waals surface area contributed by atoms with E-state index in [4.69, 9.17) is 0 Å². The Bertz CT molecular complexity index is 536. The zero-order valence-corrected chi connectivity index (χ0v) is 11.2. The third kappa shape index (κ3) is 2.13. The highest BCUT2D eigenvalue weighted by Crippen LogP contribution is 2.29. The average molecular weight is 267 g/mol. The molecule has 0 unspecified atom stereocenters. The third-order valence-electron chi connectivity index (χ3n) is 2.60. The predicted octanol–water partition coefficient (Wildman–Crippen LogP) is 0.459. The first-order valence-corrected chi connectivity index (χ1v) is 6.23. The molecule has 0 atom stereocenters. The molecule has 6 nitrogen and oxygen atoms in total. The van der Waals surface area contributed by atoms with Crippen LogP contribution < -0.4 is 4.90 Å². The molecular weight excluding hydrogens is 254 g/mol. The number of amides is 2. The van der Waals surface area contributed by atoms with Crippen molar-refractivity contribution in [1.82, 2.24) is 9.88 Å². The molecule has 0 radical (unpaired) electrons. The van der Waals surface area contributed by atoms with Gasteiger partial charge in [-0.2, -0.15) is 0 Å². The summed E-state index contributed by atoms with van der Waals surface area (Å²) in [6.07, 6.45) is -0.0738. The maximum Gasteiger partial charge on any atom is 0.265 e. The Morgan fingerprint density at radius 2 is 2.06 bits per heavy atom. The van der Waals surface area contributed by atoms with Crippen LogP contribution in [0.5, 0.6) is 0 Å². The normalized spacial score (nSPS) is 15.4. The molecule has 1 aliphatic heterocycles. The number of Topliss-reactive ketones (excluding diaryl/α,β-unsaturated/α-hetero) is 1. The van der Waals surface area contributed by atoms with Gasteiger partial charge in [0.2, 0.25) is 5.91 Å². The fourth-order valence-corrected chi connectivity index (χ4v) is 2.76. The maximum atomic E-state index is 11.9. The molecule has 0 aliphatic carbocycles. The van der Waals surface area contributed by atoms with E-state index < -0.39 is 0 Å². The fourth-order valence-electron chi connectivity index (χ4n) is 1.66. The van der Waals surface area contributed by atoms with Crippen molar-refractivity contribution in [3.8, 4) is 0 Å². The number of hydrogen-bond donors (Lipinski definition) is 0. The number of hydrogen-bond acceptors (Lipinski definition) is 5. The average Bonchev–Trinajstić information content (AvgIpc) is 2.80. The van der Waals surface area contributed by atoms with Crippen molar-refractivity contribution in [3.05, 3.63) is 10.6 Å². The van der Waals surface area contributed by atoms with Gasteiger partial charge in [-0.25, -0.2) is 4.98 Å². The highest BCUT2D eigenvalue weighted by atomic mass is 32.1. The summed E-state index contributed by atoms with van der Waals surface area (Å²) in [6.45, 7) is 1.78. The van der Waals surface area contributed by atoms with Crippen molar-refractivity contribution in [3.63, 3.8) is 0 Å². The van der Waals surface area contributed by atoms with Crippen LogP contribution in [-0.2, 0) is 9.59 Å². The number of thiazole rings is 1. The summed E-state index contributed by atoms with van der Waals surface area (Å²) in [7, 11) is 3.32. The largest absolute Gasteiger partial charge is 0.344 e. The molecule has 18 heavy (non-hydrogen) atoms. The van der Waals surface area contributed by atoms with Crippen LogP contribution in [0.4, 0.5) is 5.13 Å². The van der Waals surface area contributed by atoms with E-state index in [2.05, 4.69) is 4.98 Å². The minimum atomic E-state index is -0.252. The summed E-state index contributed by atoms with van der Waals surface area (Å²) in [6, 6.07) is 0. The lowest BCUT2D eigenvalue weighted by atomic mass is 10.3. The maximum absolute atomic E-state index is 11.9. The zero-order chi connectivity index (χ0) is 13.4. The van der Waals surface area contributed by atoms with E-state index in [0.717, 1.165) is 11.3 Å². The molecule has 1 aromatic rings. The molecule has 1 aromatic heterocycles. The summed E-state index contributed by atoms with van der Waals surface area (Å²) >= 11 is 1.15. The molecule has 0 bridgehead atoms. The van der Waals surface area contributed by atoms with Gasteiger partial charge in [-0.05, 0) is 6.92 Å². The number of anilines is 1. The Kier molecular flexibility index (Phi) is 3.16. The van der Waals surface area contributed by atoms with Crippen LogP contribution in [0.15, 0.2) is 0 Å². The molecule has 1 aliphatic rings. The fraction of sp³-hybridized carbons (Fsp3) is 0.455. The molecule has 2 rings (SSSR count). The summed E-state index contributed by atoms with van der Waals surface area (Å²) in [5.41, 5.74) is 0.584. The summed E-state index contributed by atoms with van der Waals surface area (Å²) in [5.74, 6) is -0.514.